The van der Waals surface area contributed by atoms with Crippen molar-refractivity contribution < 1.29 is 9.63 Å². The third-order valence-electron chi connectivity index (χ3n) is 2.92. The number of nitrogens with one attached hydrogen (secondary N) is 2. The van der Waals surface area contributed by atoms with Crippen LogP contribution in [0.1, 0.15) is 15.9 Å². The van der Waals surface area contributed by atoms with Crippen molar-refractivity contribution in [1.82, 2.24) is 15.4 Å². The van der Waals surface area contributed by atoms with Gasteiger partial charge in [0, 0.05) is 17.1 Å². The Balaban J connectivity index is 1.76. The zero-order valence-electron chi connectivity index (χ0n) is 10.8. The van der Waals surface area contributed by atoms with Crippen molar-refractivity contribution in [2.75, 3.05) is 0 Å². The molecule has 0 radical (unpaired) electrons. The Hall–Kier alpha value is -3.33. The molecule has 1 amide bonds. The van der Waals surface area contributed by atoms with Crippen LogP contribution in [-0.2, 0) is 0 Å². The summed E-state index contributed by atoms with van der Waals surface area (Å²) in [6.45, 7) is 0. The van der Waals surface area contributed by atoms with E-state index in [4.69, 9.17) is 10.1 Å². The molecule has 0 aliphatic heterocycles. The Morgan fingerprint density at radius 1 is 1.33 bits per heavy atom. The van der Waals surface area contributed by atoms with Crippen molar-refractivity contribution in [1.29, 1.82) is 5.26 Å². The van der Waals surface area contributed by atoms with Crippen LogP contribution in [-0.4, -0.2) is 15.9 Å². The molecule has 3 rings (SSSR count). The van der Waals surface area contributed by atoms with Gasteiger partial charge in [0.15, 0.2) is 5.75 Å². The minimum atomic E-state index is -0.356. The number of aromatic amines is 1. The highest BCUT2D eigenvalue weighted by molar-refractivity contribution is 5.93. The average molecular weight is 278 g/mol. The Labute approximate surface area is 120 Å². The molecule has 2 aromatic heterocycles. The fourth-order valence-electron chi connectivity index (χ4n) is 1.89. The number of rotatable bonds is 3. The number of carbonyl (C=O) groups excluding carboxylic acids is 1. The quantitative estimate of drug-likeness (QED) is 0.718. The molecule has 0 saturated heterocycles. The predicted molar refractivity (Wildman–Crippen MR) is 75.3 cm³/mol. The molecule has 0 atom stereocenters. The maximum absolute atomic E-state index is 11.8. The number of fused-ring (bicyclic) bond motifs is 1. The van der Waals surface area contributed by atoms with Crippen LogP contribution in [0.3, 0.4) is 0 Å². The second kappa shape index (κ2) is 5.35. The van der Waals surface area contributed by atoms with E-state index in [1.807, 2.05) is 6.07 Å². The highest BCUT2D eigenvalue weighted by Crippen LogP contribution is 2.20. The van der Waals surface area contributed by atoms with Gasteiger partial charge in [-0.15, -0.1) is 0 Å². The molecule has 1 aromatic carbocycles. The Morgan fingerprint density at radius 2 is 2.14 bits per heavy atom. The third kappa shape index (κ3) is 2.53. The van der Waals surface area contributed by atoms with E-state index in [1.54, 1.807) is 36.5 Å². The molecule has 3 aromatic rings. The number of carbonyl (C=O) groups is 1. The van der Waals surface area contributed by atoms with Gasteiger partial charge in [0.2, 0.25) is 0 Å². The van der Waals surface area contributed by atoms with E-state index in [2.05, 4.69) is 21.5 Å². The van der Waals surface area contributed by atoms with Crippen LogP contribution in [0.15, 0.2) is 48.8 Å². The normalized spacial score (nSPS) is 10.0. The van der Waals surface area contributed by atoms with Crippen molar-refractivity contribution in [3.63, 3.8) is 0 Å². The minimum absolute atomic E-state index is 0.350. The van der Waals surface area contributed by atoms with Gasteiger partial charge in [0.1, 0.15) is 11.7 Å². The highest BCUT2D eigenvalue weighted by atomic mass is 16.7. The first-order valence-corrected chi connectivity index (χ1v) is 6.17. The molecular formula is C15H10N4O2. The monoisotopic (exact) mass is 278 g/mol. The molecule has 2 heterocycles. The third-order valence-corrected chi connectivity index (χ3v) is 2.92. The predicted octanol–water partition coefficient (Wildman–Crippen LogP) is 2.16. The number of hydrogen-bond donors (Lipinski definition) is 2. The van der Waals surface area contributed by atoms with Gasteiger partial charge in [-0.25, -0.2) is 4.98 Å². The van der Waals surface area contributed by atoms with Crippen LogP contribution in [0.2, 0.25) is 0 Å². The molecule has 0 saturated carbocycles. The molecule has 0 aliphatic rings. The molecular weight excluding hydrogens is 268 g/mol. The van der Waals surface area contributed by atoms with Gasteiger partial charge in [0.05, 0.1) is 11.8 Å². The summed E-state index contributed by atoms with van der Waals surface area (Å²) in [7, 11) is 0. The first-order chi connectivity index (χ1) is 10.3. The van der Waals surface area contributed by atoms with Gasteiger partial charge in [-0.1, -0.05) is 18.2 Å². The van der Waals surface area contributed by atoms with Crippen LogP contribution in [0, 0.1) is 11.3 Å². The lowest BCUT2D eigenvalue weighted by atomic mass is 10.2. The molecule has 102 valence electrons. The van der Waals surface area contributed by atoms with Crippen molar-refractivity contribution in [2.24, 2.45) is 0 Å². The zero-order valence-corrected chi connectivity index (χ0v) is 10.8. The number of H-pyrrole nitrogens is 1. The Bertz CT molecular complexity index is 834. The summed E-state index contributed by atoms with van der Waals surface area (Å²) < 4.78 is 0. The van der Waals surface area contributed by atoms with Crippen molar-refractivity contribution in [3.05, 3.63) is 59.9 Å². The van der Waals surface area contributed by atoms with Crippen LogP contribution in [0.25, 0.3) is 11.0 Å². The molecule has 6 heteroatoms. The average Bonchev–Trinajstić information content (AvgIpc) is 2.95. The maximum atomic E-state index is 11.8. The van der Waals surface area contributed by atoms with E-state index in [0.717, 1.165) is 0 Å². The van der Waals surface area contributed by atoms with E-state index in [0.29, 0.717) is 27.9 Å². The number of nitriles is 1. The minimum Gasteiger partial charge on any atom is -0.378 e. The number of hydroxylamine groups is 1. The molecule has 0 fully saturated rings. The topological polar surface area (TPSA) is 90.8 Å². The zero-order chi connectivity index (χ0) is 14.7. The first kappa shape index (κ1) is 12.7. The second-order valence-corrected chi connectivity index (χ2v) is 4.28. The number of hydrogen-bond acceptors (Lipinski definition) is 4. The lowest BCUT2D eigenvalue weighted by molar-refractivity contribution is 0.0759. The number of pyridine rings is 1. The van der Waals surface area contributed by atoms with Crippen LogP contribution < -0.4 is 10.3 Å². The number of amides is 1. The fraction of sp³-hybridized carbons (Fsp3) is 0. The highest BCUT2D eigenvalue weighted by Gasteiger charge is 2.08. The van der Waals surface area contributed by atoms with Crippen LogP contribution in [0.4, 0.5) is 0 Å². The van der Waals surface area contributed by atoms with Crippen molar-refractivity contribution in [3.8, 4) is 11.8 Å². The Kier molecular flexibility index (Phi) is 3.23. The maximum Gasteiger partial charge on any atom is 0.283 e. The van der Waals surface area contributed by atoms with E-state index in [-0.39, 0.29) is 5.91 Å². The standard InChI is InChI=1S/C15H10N4O2/c16-7-11-8-17-14-13(11)6-12(9-18-14)21-19-15(20)10-4-2-1-3-5-10/h1-6,8-9H,(H,17,18)(H,19,20). The summed E-state index contributed by atoms with van der Waals surface area (Å²) in [5.41, 5.74) is 3.89. The fourth-order valence-corrected chi connectivity index (χ4v) is 1.89. The van der Waals surface area contributed by atoms with Crippen molar-refractivity contribution >= 4 is 16.9 Å². The number of benzene rings is 1. The molecule has 0 unspecified atom stereocenters. The van der Waals surface area contributed by atoms with Gasteiger partial charge in [-0.2, -0.15) is 10.7 Å². The van der Waals surface area contributed by atoms with Crippen molar-refractivity contribution in [2.45, 2.75) is 0 Å². The summed E-state index contributed by atoms with van der Waals surface area (Å²) in [5, 5.41) is 9.62. The molecule has 21 heavy (non-hydrogen) atoms. The molecule has 0 aliphatic carbocycles. The van der Waals surface area contributed by atoms with E-state index < -0.39 is 0 Å². The molecule has 0 bridgehead atoms. The number of aromatic nitrogens is 2. The second-order valence-electron chi connectivity index (χ2n) is 4.28. The van der Waals surface area contributed by atoms with E-state index in [1.165, 1.54) is 6.20 Å². The number of nitrogens with zero attached hydrogens (tertiary/aromatic N) is 2. The van der Waals surface area contributed by atoms with Crippen LogP contribution in [0.5, 0.6) is 5.75 Å². The van der Waals surface area contributed by atoms with Gasteiger partial charge >= 0.3 is 0 Å². The van der Waals surface area contributed by atoms with Gasteiger partial charge in [0.25, 0.3) is 5.91 Å². The Morgan fingerprint density at radius 3 is 2.90 bits per heavy atom. The molecule has 6 nitrogen and oxygen atoms in total. The summed E-state index contributed by atoms with van der Waals surface area (Å²) in [5.74, 6) is -0.00634. The van der Waals surface area contributed by atoms with E-state index in [9.17, 15) is 4.79 Å². The van der Waals surface area contributed by atoms with Gasteiger partial charge in [-0.3, -0.25) is 4.79 Å². The molecule has 0 spiro atoms. The lowest BCUT2D eigenvalue weighted by Crippen LogP contribution is -2.26. The summed E-state index contributed by atoms with van der Waals surface area (Å²) >= 11 is 0. The lowest BCUT2D eigenvalue weighted by Gasteiger charge is -2.06. The summed E-state index contributed by atoms with van der Waals surface area (Å²) in [6, 6.07) is 12.4. The summed E-state index contributed by atoms with van der Waals surface area (Å²) in [6.07, 6.45) is 3.04. The van der Waals surface area contributed by atoms with Gasteiger partial charge in [-0.05, 0) is 18.2 Å². The first-order valence-electron chi connectivity index (χ1n) is 6.17. The SMILES string of the molecule is N#Cc1c[nH]c2ncc(ONC(=O)c3ccccc3)cc12. The molecule has 2 N–H and O–H groups in total. The van der Waals surface area contributed by atoms with E-state index >= 15 is 0 Å². The summed E-state index contributed by atoms with van der Waals surface area (Å²) in [4.78, 5) is 24.1. The smallest absolute Gasteiger partial charge is 0.283 e. The van der Waals surface area contributed by atoms with Crippen LogP contribution >= 0.6 is 0 Å². The largest absolute Gasteiger partial charge is 0.378 e. The van der Waals surface area contributed by atoms with Gasteiger partial charge < -0.3 is 9.82 Å².